The van der Waals surface area contributed by atoms with E-state index < -0.39 is 6.10 Å². The summed E-state index contributed by atoms with van der Waals surface area (Å²) in [4.78, 5) is 26.4. The first-order valence-corrected chi connectivity index (χ1v) is 9.36. The van der Waals surface area contributed by atoms with Gasteiger partial charge in [0.25, 0.3) is 5.91 Å². The van der Waals surface area contributed by atoms with E-state index in [9.17, 15) is 14.0 Å². The predicted octanol–water partition coefficient (Wildman–Crippen LogP) is 4.16. The smallest absolute Gasteiger partial charge is 0.322 e. The number of anilines is 2. The van der Waals surface area contributed by atoms with E-state index in [0.717, 1.165) is 0 Å². The minimum atomic E-state index is -0.555. The summed E-state index contributed by atoms with van der Waals surface area (Å²) in [6.45, 7) is 4.27. The van der Waals surface area contributed by atoms with Gasteiger partial charge in [-0.05, 0) is 43.5 Å². The molecule has 2 aliphatic rings. The minimum Gasteiger partial charge on any atom is -0.479 e. The molecule has 6 nitrogen and oxygen atoms in total. The zero-order valence-electron chi connectivity index (χ0n) is 15.7. The van der Waals surface area contributed by atoms with Crippen LogP contribution in [-0.2, 0) is 4.79 Å². The number of fused-ring (bicyclic) bond motifs is 1. The van der Waals surface area contributed by atoms with Crippen LogP contribution in [0.25, 0.3) is 0 Å². The summed E-state index contributed by atoms with van der Waals surface area (Å²) >= 11 is 0. The predicted molar refractivity (Wildman–Crippen MR) is 104 cm³/mol. The molecule has 2 N–H and O–H groups in total. The molecule has 0 radical (unpaired) electrons. The first-order chi connectivity index (χ1) is 13.4. The summed E-state index contributed by atoms with van der Waals surface area (Å²) in [7, 11) is 0. The number of halogens is 1. The van der Waals surface area contributed by atoms with Crippen LogP contribution in [0.5, 0.6) is 5.75 Å². The Hall–Kier alpha value is -3.09. The number of carbonyl (C=O) groups is 2. The van der Waals surface area contributed by atoms with E-state index in [1.807, 2.05) is 6.92 Å². The van der Waals surface area contributed by atoms with Gasteiger partial charge in [0.1, 0.15) is 11.6 Å². The summed E-state index contributed by atoms with van der Waals surface area (Å²) in [5.41, 5.74) is 1.58. The van der Waals surface area contributed by atoms with Crippen molar-refractivity contribution in [2.24, 2.45) is 5.92 Å². The molecule has 4 rings (SSSR count). The molecule has 2 aliphatic heterocycles. The van der Waals surface area contributed by atoms with E-state index in [0.29, 0.717) is 35.7 Å². The summed E-state index contributed by atoms with van der Waals surface area (Å²) in [5.74, 6) is 0.295. The average molecular weight is 383 g/mol. The molecule has 146 valence electrons. The van der Waals surface area contributed by atoms with Crippen LogP contribution in [0.4, 0.5) is 20.6 Å². The zero-order valence-corrected chi connectivity index (χ0v) is 15.7. The van der Waals surface area contributed by atoms with Gasteiger partial charge in [-0.15, -0.1) is 0 Å². The monoisotopic (exact) mass is 383 g/mol. The molecule has 0 aromatic heterocycles. The Labute approximate surface area is 162 Å². The van der Waals surface area contributed by atoms with Crippen molar-refractivity contribution in [3.8, 4) is 5.75 Å². The van der Waals surface area contributed by atoms with Crippen molar-refractivity contribution >= 4 is 23.3 Å². The fourth-order valence-electron chi connectivity index (χ4n) is 3.79. The number of likely N-dealkylation sites (tertiary alicyclic amines) is 1. The van der Waals surface area contributed by atoms with E-state index in [1.54, 1.807) is 48.2 Å². The number of hydrogen-bond acceptors (Lipinski definition) is 3. The number of urea groups is 1. The average Bonchev–Trinajstić information content (AvgIpc) is 3.05. The third kappa shape index (κ3) is 3.40. The van der Waals surface area contributed by atoms with Crippen LogP contribution < -0.4 is 15.4 Å². The van der Waals surface area contributed by atoms with Gasteiger partial charge >= 0.3 is 6.03 Å². The van der Waals surface area contributed by atoms with Crippen LogP contribution in [0.3, 0.4) is 0 Å². The van der Waals surface area contributed by atoms with Crippen LogP contribution in [-0.4, -0.2) is 29.5 Å². The molecule has 0 unspecified atom stereocenters. The minimum absolute atomic E-state index is 0.232. The number of nitrogens with one attached hydrogen (secondary N) is 2. The maximum Gasteiger partial charge on any atom is 0.322 e. The van der Waals surface area contributed by atoms with Crippen LogP contribution >= 0.6 is 0 Å². The highest BCUT2D eigenvalue weighted by atomic mass is 19.1. The molecule has 0 bridgehead atoms. The number of hydrogen-bond donors (Lipinski definition) is 2. The van der Waals surface area contributed by atoms with E-state index in [1.165, 1.54) is 6.07 Å². The Morgan fingerprint density at radius 1 is 1.25 bits per heavy atom. The quantitative estimate of drug-likeness (QED) is 0.818. The highest BCUT2D eigenvalue weighted by molar-refractivity contribution is 5.99. The molecular weight excluding hydrogens is 361 g/mol. The van der Waals surface area contributed by atoms with Gasteiger partial charge in [0.15, 0.2) is 6.10 Å². The Kier molecular flexibility index (Phi) is 4.66. The Bertz CT molecular complexity index is 933. The van der Waals surface area contributed by atoms with Crippen LogP contribution in [0.15, 0.2) is 42.5 Å². The number of nitrogens with zero attached hydrogens (tertiary/aromatic N) is 1. The molecule has 0 aliphatic carbocycles. The number of amides is 3. The lowest BCUT2D eigenvalue weighted by atomic mass is 10.0. The largest absolute Gasteiger partial charge is 0.479 e. The fraction of sp³-hybridized carbons (Fsp3) is 0.333. The van der Waals surface area contributed by atoms with Crippen molar-refractivity contribution in [2.45, 2.75) is 32.4 Å². The molecule has 0 saturated carbocycles. The van der Waals surface area contributed by atoms with Gasteiger partial charge in [0, 0.05) is 17.8 Å². The highest BCUT2D eigenvalue weighted by Gasteiger charge is 2.35. The molecule has 2 heterocycles. The van der Waals surface area contributed by atoms with E-state index >= 15 is 0 Å². The molecule has 1 fully saturated rings. The highest BCUT2D eigenvalue weighted by Crippen LogP contribution is 2.37. The topological polar surface area (TPSA) is 70.7 Å². The first-order valence-electron chi connectivity index (χ1n) is 9.36. The van der Waals surface area contributed by atoms with Crippen molar-refractivity contribution in [1.82, 2.24) is 4.90 Å². The van der Waals surface area contributed by atoms with E-state index in [2.05, 4.69) is 10.6 Å². The number of carbonyl (C=O) groups excluding carboxylic acids is 2. The third-order valence-corrected chi connectivity index (χ3v) is 5.20. The fourth-order valence-corrected chi connectivity index (χ4v) is 3.79. The molecule has 1 saturated heterocycles. The summed E-state index contributed by atoms with van der Waals surface area (Å²) < 4.78 is 19.8. The van der Waals surface area contributed by atoms with Crippen LogP contribution in [0, 0.1) is 11.7 Å². The maximum absolute atomic E-state index is 14.3. The van der Waals surface area contributed by atoms with Crippen LogP contribution in [0.1, 0.15) is 31.9 Å². The lowest BCUT2D eigenvalue weighted by Crippen LogP contribution is -2.36. The van der Waals surface area contributed by atoms with E-state index in [-0.39, 0.29) is 29.7 Å². The van der Waals surface area contributed by atoms with Crippen molar-refractivity contribution in [3.63, 3.8) is 0 Å². The van der Waals surface area contributed by atoms with Gasteiger partial charge in [0.2, 0.25) is 0 Å². The number of rotatable bonds is 2. The maximum atomic E-state index is 14.3. The first kappa shape index (κ1) is 18.3. The molecular formula is C21H22FN3O3. The number of ether oxygens (including phenoxy) is 1. The van der Waals surface area contributed by atoms with Crippen molar-refractivity contribution in [3.05, 3.63) is 53.8 Å². The molecule has 2 aromatic rings. The molecule has 28 heavy (non-hydrogen) atoms. The Morgan fingerprint density at radius 3 is 2.82 bits per heavy atom. The Balaban J connectivity index is 1.54. The number of benzene rings is 2. The zero-order chi connectivity index (χ0) is 19.8. The van der Waals surface area contributed by atoms with Gasteiger partial charge in [-0.2, -0.15) is 0 Å². The van der Waals surface area contributed by atoms with E-state index in [4.69, 9.17) is 4.74 Å². The molecule has 2 aromatic carbocycles. The third-order valence-electron chi connectivity index (χ3n) is 5.20. The van der Waals surface area contributed by atoms with Gasteiger partial charge in [-0.1, -0.05) is 25.1 Å². The second kappa shape index (κ2) is 7.14. The lowest BCUT2D eigenvalue weighted by molar-refractivity contribution is -0.122. The van der Waals surface area contributed by atoms with Gasteiger partial charge < -0.3 is 20.3 Å². The van der Waals surface area contributed by atoms with Gasteiger partial charge in [-0.25, -0.2) is 9.18 Å². The second-order valence-corrected chi connectivity index (χ2v) is 7.42. The summed E-state index contributed by atoms with van der Waals surface area (Å²) in [5, 5.41) is 5.62. The van der Waals surface area contributed by atoms with Crippen LogP contribution in [0.2, 0.25) is 0 Å². The molecule has 3 amide bonds. The normalized spacial score (nSPS) is 23.6. The van der Waals surface area contributed by atoms with Crippen molar-refractivity contribution in [2.75, 3.05) is 17.2 Å². The lowest BCUT2D eigenvalue weighted by Gasteiger charge is -2.27. The second-order valence-electron chi connectivity index (χ2n) is 7.42. The summed E-state index contributed by atoms with van der Waals surface area (Å²) in [6.07, 6.45) is 0.154. The molecule has 7 heteroatoms. The van der Waals surface area contributed by atoms with Gasteiger partial charge in [-0.3, -0.25) is 4.79 Å². The van der Waals surface area contributed by atoms with Gasteiger partial charge in [0.05, 0.1) is 11.7 Å². The SMILES string of the molecule is C[C@@H]1C[C@@H](c2ccccc2F)N(C(=O)Nc2ccc3c(c2)NC(=O)[C@@H](C)O3)C1. The molecule has 0 spiro atoms. The summed E-state index contributed by atoms with van der Waals surface area (Å²) in [6, 6.07) is 11.1. The molecule has 3 atom stereocenters. The standard InChI is InChI=1S/C21H22FN3O3/c1-12-9-18(15-5-3-4-6-16(15)22)25(11-12)21(27)23-14-7-8-19-17(10-14)24-20(26)13(2)28-19/h3-8,10,12-13,18H,9,11H2,1-2H3,(H,23,27)(H,24,26)/t12-,13-,18+/m1/s1. The Morgan fingerprint density at radius 2 is 2.04 bits per heavy atom. The van der Waals surface area contributed by atoms with Crippen molar-refractivity contribution < 1.29 is 18.7 Å². The van der Waals surface area contributed by atoms with Crippen molar-refractivity contribution in [1.29, 1.82) is 0 Å².